The van der Waals surface area contributed by atoms with Crippen LogP contribution in [0, 0.1) is 0 Å². The first-order chi connectivity index (χ1) is 6.65. The SMILES string of the molecule is CC(N)C(CO)Sc1ccccc1Br. The third-order valence-electron chi connectivity index (χ3n) is 1.88. The highest BCUT2D eigenvalue weighted by Crippen LogP contribution is 2.31. The van der Waals surface area contributed by atoms with Gasteiger partial charge < -0.3 is 10.8 Å². The largest absolute Gasteiger partial charge is 0.395 e. The van der Waals surface area contributed by atoms with E-state index in [2.05, 4.69) is 15.9 Å². The van der Waals surface area contributed by atoms with Crippen LogP contribution < -0.4 is 5.73 Å². The van der Waals surface area contributed by atoms with Gasteiger partial charge >= 0.3 is 0 Å². The standard InChI is InChI=1S/C10H14BrNOS/c1-7(12)10(6-13)14-9-5-3-2-4-8(9)11/h2-5,7,10,13H,6,12H2,1H3. The van der Waals surface area contributed by atoms with E-state index in [0.717, 1.165) is 9.37 Å². The quantitative estimate of drug-likeness (QED) is 0.829. The minimum atomic E-state index is -0.0166. The molecule has 0 amide bonds. The van der Waals surface area contributed by atoms with Crippen molar-refractivity contribution in [2.45, 2.75) is 23.1 Å². The molecule has 0 fully saturated rings. The van der Waals surface area contributed by atoms with Gasteiger partial charge in [-0.2, -0.15) is 0 Å². The van der Waals surface area contributed by atoms with Gasteiger partial charge in [-0.3, -0.25) is 0 Å². The maximum Gasteiger partial charge on any atom is 0.0568 e. The zero-order valence-corrected chi connectivity index (χ0v) is 10.4. The highest BCUT2D eigenvalue weighted by molar-refractivity contribution is 9.10. The first kappa shape index (κ1) is 12.0. The van der Waals surface area contributed by atoms with E-state index in [1.807, 2.05) is 31.2 Å². The minimum Gasteiger partial charge on any atom is -0.395 e. The summed E-state index contributed by atoms with van der Waals surface area (Å²) in [6, 6.07) is 7.92. The molecule has 2 unspecified atom stereocenters. The zero-order valence-electron chi connectivity index (χ0n) is 7.98. The van der Waals surface area contributed by atoms with Gasteiger partial charge in [0, 0.05) is 20.7 Å². The van der Waals surface area contributed by atoms with E-state index < -0.39 is 0 Å². The molecule has 1 aromatic carbocycles. The van der Waals surface area contributed by atoms with Gasteiger partial charge in [-0.05, 0) is 35.0 Å². The van der Waals surface area contributed by atoms with E-state index in [4.69, 9.17) is 10.8 Å². The molecule has 1 rings (SSSR count). The highest BCUT2D eigenvalue weighted by Gasteiger charge is 2.15. The summed E-state index contributed by atoms with van der Waals surface area (Å²) in [5.41, 5.74) is 5.75. The molecule has 0 spiro atoms. The first-order valence-electron chi connectivity index (χ1n) is 4.42. The number of aliphatic hydroxyl groups is 1. The van der Waals surface area contributed by atoms with Crippen molar-refractivity contribution < 1.29 is 5.11 Å². The van der Waals surface area contributed by atoms with Gasteiger partial charge in [0.05, 0.1) is 6.61 Å². The van der Waals surface area contributed by atoms with Crippen LogP contribution in [0.15, 0.2) is 33.6 Å². The van der Waals surface area contributed by atoms with Gasteiger partial charge in [0.2, 0.25) is 0 Å². The van der Waals surface area contributed by atoms with Crippen LogP contribution in [0.1, 0.15) is 6.92 Å². The van der Waals surface area contributed by atoms with Crippen molar-refractivity contribution in [1.82, 2.24) is 0 Å². The van der Waals surface area contributed by atoms with Crippen LogP contribution in [-0.2, 0) is 0 Å². The van der Waals surface area contributed by atoms with Crippen LogP contribution in [0.4, 0.5) is 0 Å². The van der Waals surface area contributed by atoms with Gasteiger partial charge in [-0.15, -0.1) is 11.8 Å². The monoisotopic (exact) mass is 275 g/mol. The number of hydrogen-bond donors (Lipinski definition) is 2. The molecule has 0 saturated heterocycles. The maximum atomic E-state index is 9.13. The van der Waals surface area contributed by atoms with Crippen LogP contribution in [0.2, 0.25) is 0 Å². The first-order valence-corrected chi connectivity index (χ1v) is 6.10. The van der Waals surface area contributed by atoms with Crippen LogP contribution in [0.5, 0.6) is 0 Å². The fourth-order valence-corrected chi connectivity index (χ4v) is 2.53. The molecule has 2 atom stereocenters. The number of aliphatic hydroxyl groups excluding tert-OH is 1. The van der Waals surface area contributed by atoms with Crippen molar-refractivity contribution in [3.05, 3.63) is 28.7 Å². The molecule has 78 valence electrons. The number of benzene rings is 1. The molecule has 0 radical (unpaired) electrons. The molecule has 0 saturated carbocycles. The third-order valence-corrected chi connectivity index (χ3v) is 4.33. The molecular weight excluding hydrogens is 262 g/mol. The lowest BCUT2D eigenvalue weighted by molar-refractivity contribution is 0.285. The topological polar surface area (TPSA) is 46.2 Å². The molecule has 4 heteroatoms. The Morgan fingerprint density at radius 1 is 1.50 bits per heavy atom. The van der Waals surface area contributed by atoms with Crippen LogP contribution in [0.3, 0.4) is 0 Å². The maximum absolute atomic E-state index is 9.13. The lowest BCUT2D eigenvalue weighted by atomic mass is 10.3. The Labute approximate surface area is 97.0 Å². The second-order valence-electron chi connectivity index (χ2n) is 3.13. The fourth-order valence-electron chi connectivity index (χ4n) is 1.01. The van der Waals surface area contributed by atoms with E-state index in [-0.39, 0.29) is 17.9 Å². The normalized spacial score (nSPS) is 15.1. The van der Waals surface area contributed by atoms with Gasteiger partial charge in [-0.1, -0.05) is 12.1 Å². The summed E-state index contributed by atoms with van der Waals surface area (Å²) >= 11 is 5.06. The Bertz CT molecular complexity index is 293. The van der Waals surface area contributed by atoms with Gasteiger partial charge in [0.25, 0.3) is 0 Å². The number of rotatable bonds is 4. The number of halogens is 1. The Hall–Kier alpha value is -0.0300. The molecule has 3 N–H and O–H groups in total. The Kier molecular flexibility index (Phi) is 4.95. The summed E-state index contributed by atoms with van der Waals surface area (Å²) in [6.07, 6.45) is 0. The summed E-state index contributed by atoms with van der Waals surface area (Å²) in [5, 5.41) is 9.18. The molecule has 2 nitrogen and oxygen atoms in total. The van der Waals surface area contributed by atoms with Crippen LogP contribution in [-0.4, -0.2) is 23.0 Å². The van der Waals surface area contributed by atoms with Gasteiger partial charge in [0.15, 0.2) is 0 Å². The summed E-state index contributed by atoms with van der Waals surface area (Å²) in [6.45, 7) is 2.01. The molecule has 0 heterocycles. The molecule has 0 bridgehead atoms. The molecule has 0 aliphatic rings. The molecule has 14 heavy (non-hydrogen) atoms. The van der Waals surface area contributed by atoms with Crippen molar-refractivity contribution in [1.29, 1.82) is 0 Å². The molecule has 1 aromatic rings. The number of nitrogens with two attached hydrogens (primary N) is 1. The lowest BCUT2D eigenvalue weighted by Gasteiger charge is -2.18. The van der Waals surface area contributed by atoms with Crippen LogP contribution in [0.25, 0.3) is 0 Å². The summed E-state index contributed by atoms with van der Waals surface area (Å²) < 4.78 is 1.05. The minimum absolute atomic E-state index is 0.0166. The number of thioether (sulfide) groups is 1. The molecule has 0 aromatic heterocycles. The van der Waals surface area contributed by atoms with Gasteiger partial charge in [-0.25, -0.2) is 0 Å². The van der Waals surface area contributed by atoms with E-state index >= 15 is 0 Å². The van der Waals surface area contributed by atoms with Crippen molar-refractivity contribution in [2.24, 2.45) is 5.73 Å². The smallest absolute Gasteiger partial charge is 0.0568 e. The highest BCUT2D eigenvalue weighted by atomic mass is 79.9. The second kappa shape index (κ2) is 5.75. The van der Waals surface area contributed by atoms with Crippen molar-refractivity contribution in [2.75, 3.05) is 6.61 Å². The molecule has 0 aliphatic heterocycles. The Morgan fingerprint density at radius 3 is 2.64 bits per heavy atom. The second-order valence-corrected chi connectivity index (χ2v) is 5.26. The zero-order chi connectivity index (χ0) is 10.6. The van der Waals surface area contributed by atoms with Crippen LogP contribution >= 0.6 is 27.7 Å². The third kappa shape index (κ3) is 3.28. The molecule has 0 aliphatic carbocycles. The summed E-state index contributed by atoms with van der Waals surface area (Å²) in [5.74, 6) is 0. The summed E-state index contributed by atoms with van der Waals surface area (Å²) in [7, 11) is 0. The van der Waals surface area contributed by atoms with E-state index in [1.54, 1.807) is 11.8 Å². The van der Waals surface area contributed by atoms with E-state index in [9.17, 15) is 0 Å². The van der Waals surface area contributed by atoms with E-state index in [0.29, 0.717) is 0 Å². The van der Waals surface area contributed by atoms with E-state index in [1.165, 1.54) is 0 Å². The Morgan fingerprint density at radius 2 is 2.14 bits per heavy atom. The van der Waals surface area contributed by atoms with Crippen molar-refractivity contribution in [3.63, 3.8) is 0 Å². The number of hydrogen-bond acceptors (Lipinski definition) is 3. The van der Waals surface area contributed by atoms with Gasteiger partial charge in [0.1, 0.15) is 0 Å². The average Bonchev–Trinajstić information content (AvgIpc) is 2.16. The molecular formula is C10H14BrNOS. The predicted molar refractivity (Wildman–Crippen MR) is 64.5 cm³/mol. The Balaban J connectivity index is 2.72. The van der Waals surface area contributed by atoms with Crippen molar-refractivity contribution in [3.8, 4) is 0 Å². The summed E-state index contributed by atoms with van der Waals surface area (Å²) in [4.78, 5) is 1.11. The lowest BCUT2D eigenvalue weighted by Crippen LogP contribution is -2.31. The average molecular weight is 276 g/mol. The fraction of sp³-hybridized carbons (Fsp3) is 0.400. The predicted octanol–water partition coefficient (Wildman–Crippen LogP) is 2.25. The van der Waals surface area contributed by atoms with Crippen molar-refractivity contribution >= 4 is 27.7 Å².